The first-order valence-electron chi connectivity index (χ1n) is 22.1. The predicted octanol–water partition coefficient (Wildman–Crippen LogP) is -9.48. The van der Waals surface area contributed by atoms with Crippen molar-refractivity contribution >= 4 is 71.2 Å². The lowest BCUT2D eigenvalue weighted by atomic mass is 10.1. The number of nitrogens with zero attached hydrogens (tertiary/aromatic N) is 5. The van der Waals surface area contributed by atoms with Gasteiger partial charge in [-0.1, -0.05) is 0 Å². The lowest BCUT2D eigenvalue weighted by Crippen LogP contribution is -2.60. The highest BCUT2D eigenvalue weighted by Crippen LogP contribution is 2.19. The van der Waals surface area contributed by atoms with Crippen molar-refractivity contribution in [3.63, 3.8) is 0 Å². The largest absolute Gasteiger partial charge is 0.480 e. The van der Waals surface area contributed by atoms with Crippen molar-refractivity contribution in [2.45, 2.75) is 119 Å². The van der Waals surface area contributed by atoms with Crippen LogP contribution in [-0.4, -0.2) is 186 Å². The van der Waals surface area contributed by atoms with Crippen molar-refractivity contribution in [1.29, 1.82) is 0 Å². The molecule has 31 heteroatoms. The third-order valence-electron chi connectivity index (χ3n) is 10.2. The summed E-state index contributed by atoms with van der Waals surface area (Å²) in [5.74, 6) is -8.51. The molecular formula is C38H72N20O11. The van der Waals surface area contributed by atoms with Crippen LogP contribution in [0.1, 0.15) is 71.1 Å². The lowest BCUT2D eigenvalue weighted by molar-refractivity contribution is -0.142. The molecule has 390 valence electrons. The van der Waals surface area contributed by atoms with Crippen molar-refractivity contribution < 1.29 is 53.7 Å². The Labute approximate surface area is 398 Å². The van der Waals surface area contributed by atoms with E-state index in [1.54, 1.807) is 0 Å². The predicted molar refractivity (Wildman–Crippen MR) is 251 cm³/mol. The number of rotatable bonds is 32. The van der Waals surface area contributed by atoms with E-state index >= 15 is 0 Å². The summed E-state index contributed by atoms with van der Waals surface area (Å²) in [6.45, 7) is -0.254. The van der Waals surface area contributed by atoms with Crippen LogP contribution in [0.2, 0.25) is 0 Å². The molecule has 0 saturated carbocycles. The van der Waals surface area contributed by atoms with Gasteiger partial charge in [-0.05, 0) is 71.1 Å². The molecule has 69 heavy (non-hydrogen) atoms. The summed E-state index contributed by atoms with van der Waals surface area (Å²) in [6.07, 6.45) is 0.651. The monoisotopic (exact) mass is 985 g/mol. The van der Waals surface area contributed by atoms with E-state index in [4.69, 9.17) is 51.6 Å². The summed E-state index contributed by atoms with van der Waals surface area (Å²) in [4.78, 5) is 123. The molecule has 1 saturated heterocycles. The number of carbonyl (C=O) groups excluding carboxylic acids is 7. The van der Waals surface area contributed by atoms with Crippen LogP contribution < -0.4 is 83.5 Å². The molecule has 0 aromatic carbocycles. The fourth-order valence-electron chi connectivity index (χ4n) is 6.61. The zero-order valence-electron chi connectivity index (χ0n) is 38.7. The van der Waals surface area contributed by atoms with Crippen LogP contribution in [0.4, 0.5) is 0 Å². The van der Waals surface area contributed by atoms with Crippen molar-refractivity contribution in [2.24, 2.45) is 71.6 Å². The maximum absolute atomic E-state index is 14.0. The number of amides is 7. The first kappa shape index (κ1) is 59.7. The maximum atomic E-state index is 14.0. The van der Waals surface area contributed by atoms with E-state index in [0.29, 0.717) is 6.42 Å². The second-order valence-corrected chi connectivity index (χ2v) is 15.8. The molecule has 0 aromatic heterocycles. The van der Waals surface area contributed by atoms with Crippen molar-refractivity contribution in [2.75, 3.05) is 45.9 Å². The molecule has 31 nitrogen and oxygen atoms in total. The topological polar surface area (TPSA) is 556 Å². The number of hydrogen-bond donors (Lipinski definition) is 18. The Hall–Kier alpha value is -7.28. The Morgan fingerprint density at radius 1 is 0.536 bits per heavy atom. The Kier molecular flexibility index (Phi) is 27.4. The average molecular weight is 985 g/mol. The van der Waals surface area contributed by atoms with E-state index in [2.05, 4.69) is 51.9 Å². The molecule has 0 radical (unpaired) electrons. The van der Waals surface area contributed by atoms with Crippen LogP contribution >= 0.6 is 0 Å². The normalized spacial score (nSPS) is 16.0. The second-order valence-electron chi connectivity index (χ2n) is 15.8. The number of carboxylic acids is 1. The number of guanidine groups is 4. The first-order chi connectivity index (χ1) is 32.5. The Morgan fingerprint density at radius 2 is 0.870 bits per heavy atom. The van der Waals surface area contributed by atoms with E-state index in [1.807, 2.05) is 0 Å². The van der Waals surface area contributed by atoms with Gasteiger partial charge in [0.2, 0.25) is 41.4 Å². The summed E-state index contributed by atoms with van der Waals surface area (Å²) >= 11 is 0. The van der Waals surface area contributed by atoms with E-state index in [1.165, 1.54) is 11.8 Å². The van der Waals surface area contributed by atoms with Gasteiger partial charge in [0.05, 0.1) is 13.2 Å². The molecule has 0 bridgehead atoms. The smallest absolute Gasteiger partial charge is 0.325 e. The zero-order valence-corrected chi connectivity index (χ0v) is 38.7. The minimum Gasteiger partial charge on any atom is -0.480 e. The van der Waals surface area contributed by atoms with E-state index in [0.717, 1.165) is 0 Å². The van der Waals surface area contributed by atoms with Crippen molar-refractivity contribution in [3.05, 3.63) is 0 Å². The molecule has 1 heterocycles. The third-order valence-corrected chi connectivity index (χ3v) is 10.2. The molecule has 0 aliphatic carbocycles. The van der Waals surface area contributed by atoms with Crippen LogP contribution in [0, 0.1) is 0 Å². The number of carboxylic acid groups (broad SMARTS) is 1. The zero-order chi connectivity index (χ0) is 52.2. The van der Waals surface area contributed by atoms with E-state index in [9.17, 15) is 53.7 Å². The Morgan fingerprint density at radius 3 is 1.20 bits per heavy atom. The molecule has 1 fully saturated rings. The van der Waals surface area contributed by atoms with Gasteiger partial charge in [0.1, 0.15) is 48.3 Å². The van der Waals surface area contributed by atoms with E-state index in [-0.39, 0.29) is 114 Å². The molecule has 1 aliphatic heterocycles. The summed E-state index contributed by atoms with van der Waals surface area (Å²) < 4.78 is 0. The minimum atomic E-state index is -1.76. The van der Waals surface area contributed by atoms with Gasteiger partial charge in [-0.25, -0.2) is 0 Å². The number of likely N-dealkylation sites (tertiary alicyclic amines) is 1. The molecule has 0 spiro atoms. The number of carbonyl (C=O) groups is 8. The average Bonchev–Trinajstić information content (AvgIpc) is 3.78. The quantitative estimate of drug-likeness (QED) is 0.0169. The molecule has 0 aromatic rings. The van der Waals surface area contributed by atoms with Gasteiger partial charge in [0.25, 0.3) is 0 Å². The Balaban J connectivity index is 3.47. The van der Waals surface area contributed by atoms with Crippen LogP contribution in [0.3, 0.4) is 0 Å². The van der Waals surface area contributed by atoms with Crippen LogP contribution in [0.25, 0.3) is 0 Å². The van der Waals surface area contributed by atoms with Crippen molar-refractivity contribution in [3.8, 4) is 0 Å². The van der Waals surface area contributed by atoms with Gasteiger partial charge >= 0.3 is 5.97 Å². The number of hydrogen-bond acceptors (Lipinski definition) is 15. The molecule has 1 rings (SSSR count). The first-order valence-corrected chi connectivity index (χ1v) is 22.1. The van der Waals surface area contributed by atoms with Crippen molar-refractivity contribution in [1.82, 2.24) is 36.8 Å². The molecule has 7 amide bonds. The maximum Gasteiger partial charge on any atom is 0.325 e. The molecule has 27 N–H and O–H groups in total. The number of aliphatic hydroxyl groups excluding tert-OH is 2. The Bertz CT molecular complexity index is 1850. The van der Waals surface area contributed by atoms with Crippen LogP contribution in [0.5, 0.6) is 0 Å². The summed E-state index contributed by atoms with van der Waals surface area (Å²) in [5.41, 5.74) is 49.1. The fourth-order valence-corrected chi connectivity index (χ4v) is 6.61. The second kappa shape index (κ2) is 31.6. The molecule has 8 atom stereocenters. The number of aliphatic hydroxyl groups is 2. The summed E-state index contributed by atoms with van der Waals surface area (Å²) in [5, 5.41) is 43.9. The van der Waals surface area contributed by atoms with Gasteiger partial charge in [-0.3, -0.25) is 58.3 Å². The fraction of sp³-hybridized carbons (Fsp3) is 0.684. The van der Waals surface area contributed by atoms with Gasteiger partial charge in [0, 0.05) is 32.7 Å². The lowest BCUT2D eigenvalue weighted by Gasteiger charge is -2.29. The van der Waals surface area contributed by atoms with Crippen LogP contribution in [-0.2, 0) is 38.4 Å². The van der Waals surface area contributed by atoms with Gasteiger partial charge < -0.3 is 104 Å². The standard InChI is InChI=1S/C38H72N20O11/c1-19(34(68)69)52-27(61)21(7-2-12-48-35(40)41)53-28(62)22(8-3-13-49-36(42)43)55-31(65)25(18-60)57-30(64)23(9-4-14-50-37(44)45)54-29(63)24(10-5-15-51-38(46)47)56-32(66)26-11-6-16-58(26)33(67)20(39)17-59/h19-26,59-60H,2-18,39H2,1H3,(H,52,61)(H,53,62)(H,54,63)(H,55,65)(H,56,66)(H,57,64)(H,68,69)(H4,40,41,48)(H4,42,43,49)(H4,44,45,50)(H4,46,47,51)/t19-,20-,21-,22-,23-,24-,25-,26-/m0/s1. The number of aliphatic carboxylic acids is 1. The van der Waals surface area contributed by atoms with Gasteiger partial charge in [-0.15, -0.1) is 0 Å². The minimum absolute atomic E-state index is 0.00735. The molecule has 0 unspecified atom stereocenters. The summed E-state index contributed by atoms with van der Waals surface area (Å²) in [6, 6.07) is -11.1. The number of nitrogens with two attached hydrogens (primary N) is 9. The highest BCUT2D eigenvalue weighted by Gasteiger charge is 2.38. The summed E-state index contributed by atoms with van der Waals surface area (Å²) in [7, 11) is 0. The van der Waals surface area contributed by atoms with E-state index < -0.39 is 109 Å². The van der Waals surface area contributed by atoms with Gasteiger partial charge in [0.15, 0.2) is 23.8 Å². The van der Waals surface area contributed by atoms with Crippen LogP contribution in [0.15, 0.2) is 20.0 Å². The number of nitrogens with one attached hydrogen (secondary N) is 6. The molecular weight excluding hydrogens is 913 g/mol. The van der Waals surface area contributed by atoms with Gasteiger partial charge in [-0.2, -0.15) is 0 Å². The molecule has 1 aliphatic rings. The highest BCUT2D eigenvalue weighted by atomic mass is 16.4. The number of aliphatic imine (C=N–C) groups is 4. The third kappa shape index (κ3) is 23.3. The highest BCUT2D eigenvalue weighted by molar-refractivity contribution is 5.97. The SMILES string of the molecule is C[C@H](NC(=O)[C@H](CCCN=C(N)N)NC(=O)[C@H](CCCN=C(N)N)NC(=O)[C@H](CO)NC(=O)[C@H](CCCN=C(N)N)NC(=O)[C@H](CCCN=C(N)N)NC(=O)[C@@H]1CCCN1C(=O)[C@@H](N)CO)C(=O)O.